The fraction of sp³-hybridized carbons (Fsp3) is 0.375. The van der Waals surface area contributed by atoms with Crippen LogP contribution in [0.3, 0.4) is 0 Å². The van der Waals surface area contributed by atoms with Crippen LogP contribution in [0.25, 0.3) is 0 Å². The highest BCUT2D eigenvalue weighted by molar-refractivity contribution is 7.89. The van der Waals surface area contributed by atoms with Crippen molar-refractivity contribution < 1.29 is 23.1 Å². The first-order chi connectivity index (χ1) is 11.3. The highest BCUT2D eigenvalue weighted by Crippen LogP contribution is 2.23. The summed E-state index contributed by atoms with van der Waals surface area (Å²) in [4.78, 5) is 25.0. The third kappa shape index (κ3) is 4.21. The van der Waals surface area contributed by atoms with Crippen molar-refractivity contribution in [2.24, 2.45) is 0 Å². The second kappa shape index (κ2) is 7.59. The van der Waals surface area contributed by atoms with E-state index in [-0.39, 0.29) is 35.4 Å². The van der Waals surface area contributed by atoms with E-state index in [0.717, 1.165) is 6.42 Å². The van der Waals surface area contributed by atoms with Crippen molar-refractivity contribution in [2.45, 2.75) is 30.2 Å². The molecular formula is C16H20N2O5S. The second-order valence-corrected chi connectivity index (χ2v) is 7.33. The molecule has 2 N–H and O–H groups in total. The number of likely N-dealkylation sites (tertiary alicyclic amines) is 1. The van der Waals surface area contributed by atoms with Gasteiger partial charge in [-0.15, -0.1) is 6.58 Å². The number of nitrogens with one attached hydrogen (secondary N) is 1. The lowest BCUT2D eigenvalue weighted by atomic mass is 10.1. The van der Waals surface area contributed by atoms with Crippen molar-refractivity contribution in [3.05, 3.63) is 42.5 Å². The van der Waals surface area contributed by atoms with Crippen LogP contribution in [0.15, 0.2) is 41.8 Å². The van der Waals surface area contributed by atoms with Gasteiger partial charge in [-0.2, -0.15) is 0 Å². The van der Waals surface area contributed by atoms with Crippen molar-refractivity contribution in [2.75, 3.05) is 13.1 Å². The molecule has 1 aliphatic rings. The minimum atomic E-state index is -3.72. The van der Waals surface area contributed by atoms with E-state index in [1.165, 1.54) is 35.2 Å². The van der Waals surface area contributed by atoms with Gasteiger partial charge in [0.1, 0.15) is 0 Å². The number of rotatable bonds is 7. The Labute approximate surface area is 141 Å². The number of hydrogen-bond acceptors (Lipinski definition) is 4. The predicted molar refractivity (Wildman–Crippen MR) is 88.1 cm³/mol. The number of nitrogens with zero attached hydrogens (tertiary/aromatic N) is 1. The molecule has 2 rings (SSSR count). The average molecular weight is 352 g/mol. The van der Waals surface area contributed by atoms with Gasteiger partial charge in [-0.05, 0) is 31.0 Å². The lowest BCUT2D eigenvalue weighted by molar-refractivity contribution is -0.137. The van der Waals surface area contributed by atoms with E-state index in [4.69, 9.17) is 5.11 Å². The number of carboxylic acid groups (broad SMARTS) is 1. The van der Waals surface area contributed by atoms with Crippen molar-refractivity contribution in [3.63, 3.8) is 0 Å². The van der Waals surface area contributed by atoms with E-state index in [9.17, 15) is 18.0 Å². The Morgan fingerprint density at radius 2 is 2.17 bits per heavy atom. The van der Waals surface area contributed by atoms with E-state index in [2.05, 4.69) is 11.3 Å². The maximum atomic E-state index is 12.6. The summed E-state index contributed by atoms with van der Waals surface area (Å²) in [6.07, 6.45) is 2.69. The van der Waals surface area contributed by atoms with E-state index < -0.39 is 16.0 Å². The zero-order chi connectivity index (χ0) is 17.7. The number of amides is 1. The minimum Gasteiger partial charge on any atom is -0.481 e. The highest BCUT2D eigenvalue weighted by atomic mass is 32.2. The van der Waals surface area contributed by atoms with Crippen molar-refractivity contribution in [1.82, 2.24) is 9.62 Å². The number of aliphatic carboxylic acids is 1. The molecule has 1 aliphatic heterocycles. The summed E-state index contributed by atoms with van der Waals surface area (Å²) >= 11 is 0. The summed E-state index contributed by atoms with van der Waals surface area (Å²) in [6, 6.07) is 5.39. The zero-order valence-corrected chi connectivity index (χ0v) is 14.0. The summed E-state index contributed by atoms with van der Waals surface area (Å²) in [5.41, 5.74) is 0.230. The molecule has 1 saturated heterocycles. The van der Waals surface area contributed by atoms with Crippen LogP contribution in [0.4, 0.5) is 0 Å². The van der Waals surface area contributed by atoms with Gasteiger partial charge in [-0.1, -0.05) is 12.1 Å². The SMILES string of the molecule is C=CCNS(=O)(=O)c1cccc(C(=O)N2CCCC2CC(=O)O)c1. The van der Waals surface area contributed by atoms with Gasteiger partial charge < -0.3 is 10.0 Å². The molecule has 0 radical (unpaired) electrons. The second-order valence-electron chi connectivity index (χ2n) is 5.56. The fourth-order valence-corrected chi connectivity index (χ4v) is 3.77. The molecule has 24 heavy (non-hydrogen) atoms. The number of carbonyl (C=O) groups excluding carboxylic acids is 1. The van der Waals surface area contributed by atoms with Crippen LogP contribution in [0, 0.1) is 0 Å². The van der Waals surface area contributed by atoms with Crippen molar-refractivity contribution >= 4 is 21.9 Å². The fourth-order valence-electron chi connectivity index (χ4n) is 2.73. The molecule has 1 heterocycles. The first-order valence-electron chi connectivity index (χ1n) is 7.58. The topological polar surface area (TPSA) is 104 Å². The van der Waals surface area contributed by atoms with E-state index >= 15 is 0 Å². The van der Waals surface area contributed by atoms with Crippen LogP contribution >= 0.6 is 0 Å². The molecule has 1 amide bonds. The summed E-state index contributed by atoms with van der Waals surface area (Å²) < 4.78 is 26.6. The quantitative estimate of drug-likeness (QED) is 0.718. The molecule has 0 aromatic heterocycles. The predicted octanol–water partition coefficient (Wildman–Crippen LogP) is 1.23. The molecule has 1 aromatic carbocycles. The molecule has 1 aromatic rings. The molecule has 0 spiro atoms. The first-order valence-corrected chi connectivity index (χ1v) is 9.07. The molecular weight excluding hydrogens is 332 g/mol. The number of benzene rings is 1. The Kier molecular flexibility index (Phi) is 5.74. The molecule has 0 bridgehead atoms. The summed E-state index contributed by atoms with van der Waals surface area (Å²) in [5, 5.41) is 8.94. The third-order valence-corrected chi connectivity index (χ3v) is 5.28. The first kappa shape index (κ1) is 18.2. The lowest BCUT2D eigenvalue weighted by Crippen LogP contribution is -2.37. The van der Waals surface area contributed by atoms with Gasteiger partial charge in [-0.25, -0.2) is 13.1 Å². The van der Waals surface area contributed by atoms with E-state index in [0.29, 0.717) is 13.0 Å². The van der Waals surface area contributed by atoms with Gasteiger partial charge in [0.05, 0.1) is 11.3 Å². The molecule has 0 aliphatic carbocycles. The minimum absolute atomic E-state index is 0.0100. The van der Waals surface area contributed by atoms with Crippen LogP contribution < -0.4 is 4.72 Å². The number of carboxylic acids is 1. The molecule has 8 heteroatoms. The van der Waals surface area contributed by atoms with Gasteiger partial charge >= 0.3 is 5.97 Å². The van der Waals surface area contributed by atoms with Crippen molar-refractivity contribution in [3.8, 4) is 0 Å². The van der Waals surface area contributed by atoms with E-state index in [1.54, 1.807) is 0 Å². The van der Waals surface area contributed by atoms with Gasteiger partial charge in [0.15, 0.2) is 0 Å². The Hall–Kier alpha value is -2.19. The molecule has 1 atom stereocenters. The smallest absolute Gasteiger partial charge is 0.305 e. The Morgan fingerprint density at radius 1 is 1.42 bits per heavy atom. The molecule has 0 saturated carbocycles. The average Bonchev–Trinajstić information content (AvgIpc) is 2.99. The van der Waals surface area contributed by atoms with Crippen LogP contribution in [0.5, 0.6) is 0 Å². The molecule has 130 valence electrons. The van der Waals surface area contributed by atoms with Gasteiger partial charge in [0.2, 0.25) is 10.0 Å². The standard InChI is InChI=1S/C16H20N2O5S/c1-2-8-17-24(22,23)14-7-3-5-12(10-14)16(21)18-9-4-6-13(18)11-15(19)20/h2-3,5,7,10,13,17H,1,4,6,8-9,11H2,(H,19,20). The Balaban J connectivity index is 2.23. The van der Waals surface area contributed by atoms with Crippen LogP contribution in [-0.2, 0) is 14.8 Å². The zero-order valence-electron chi connectivity index (χ0n) is 13.1. The molecule has 1 fully saturated rings. The monoisotopic (exact) mass is 352 g/mol. The van der Waals surface area contributed by atoms with Gasteiger partial charge in [-0.3, -0.25) is 9.59 Å². The van der Waals surface area contributed by atoms with Crippen LogP contribution in [0.2, 0.25) is 0 Å². The number of hydrogen-bond donors (Lipinski definition) is 2. The maximum Gasteiger partial charge on any atom is 0.305 e. The van der Waals surface area contributed by atoms with Crippen LogP contribution in [0.1, 0.15) is 29.6 Å². The van der Waals surface area contributed by atoms with Crippen molar-refractivity contribution in [1.29, 1.82) is 0 Å². The lowest BCUT2D eigenvalue weighted by Gasteiger charge is -2.23. The third-order valence-electron chi connectivity index (χ3n) is 3.86. The number of sulfonamides is 1. The summed E-state index contributed by atoms with van der Waals surface area (Å²) in [5.74, 6) is -1.30. The van der Waals surface area contributed by atoms with Crippen LogP contribution in [-0.4, -0.2) is 49.4 Å². The summed E-state index contributed by atoms with van der Waals surface area (Å²) in [7, 11) is -3.72. The Morgan fingerprint density at radius 3 is 2.83 bits per heavy atom. The molecule has 1 unspecified atom stereocenters. The Bertz CT molecular complexity index is 745. The molecule has 7 nitrogen and oxygen atoms in total. The largest absolute Gasteiger partial charge is 0.481 e. The summed E-state index contributed by atoms with van der Waals surface area (Å²) in [6.45, 7) is 4.02. The van der Waals surface area contributed by atoms with E-state index in [1.807, 2.05) is 0 Å². The maximum absolute atomic E-state index is 12.6. The highest BCUT2D eigenvalue weighted by Gasteiger charge is 2.31. The normalized spacial score (nSPS) is 17.7. The van der Waals surface area contributed by atoms with Gasteiger partial charge in [0.25, 0.3) is 5.91 Å². The number of carbonyl (C=O) groups is 2. The van der Waals surface area contributed by atoms with Gasteiger partial charge in [0, 0.05) is 24.7 Å².